The summed E-state index contributed by atoms with van der Waals surface area (Å²) in [5.41, 5.74) is 0. The molecule has 5 heteroatoms. The van der Waals surface area contributed by atoms with Crippen LogP contribution < -0.4 is 0 Å². The molecule has 2 nitrogen and oxygen atoms in total. The first-order valence-electron chi connectivity index (χ1n) is 2.53. The number of halogens is 1. The average Bonchev–Trinajstić information content (AvgIpc) is 2.40. The van der Waals surface area contributed by atoms with Crippen LogP contribution in [-0.2, 0) is 0 Å². The second-order valence-corrected chi connectivity index (χ2v) is 4.81. The van der Waals surface area contributed by atoms with Crippen molar-refractivity contribution in [1.29, 1.82) is 0 Å². The van der Waals surface area contributed by atoms with Crippen LogP contribution in [0.15, 0.2) is 23.1 Å². The topological polar surface area (TPSA) is 25.8 Å². The molecule has 0 bridgehead atoms. The molecule has 0 radical (unpaired) electrons. The summed E-state index contributed by atoms with van der Waals surface area (Å²) >= 11 is 6.32. The summed E-state index contributed by atoms with van der Waals surface area (Å²) in [4.78, 5) is 0. The lowest BCUT2D eigenvalue weighted by molar-refractivity contribution is 1.03. The van der Waals surface area contributed by atoms with Gasteiger partial charge < -0.3 is 0 Å². The third kappa shape index (κ3) is 2.40. The van der Waals surface area contributed by atoms with Crippen LogP contribution in [0.4, 0.5) is 0 Å². The van der Waals surface area contributed by atoms with E-state index in [9.17, 15) is 0 Å². The molecule has 1 heterocycles. The number of aromatic nitrogens is 2. The van der Waals surface area contributed by atoms with Crippen LogP contribution in [0.3, 0.4) is 0 Å². The van der Waals surface area contributed by atoms with Gasteiger partial charge in [-0.25, -0.2) is 0 Å². The van der Waals surface area contributed by atoms with E-state index in [1.54, 1.807) is 11.8 Å². The van der Waals surface area contributed by atoms with Crippen LogP contribution in [0.1, 0.15) is 0 Å². The maximum absolute atomic E-state index is 3.86. The smallest absolute Gasteiger partial charge is 0.132 e. The van der Waals surface area contributed by atoms with E-state index in [-0.39, 0.29) is 4.16 Å². The second-order valence-electron chi connectivity index (χ2n) is 1.45. The van der Waals surface area contributed by atoms with E-state index >= 15 is 0 Å². The van der Waals surface area contributed by atoms with Crippen molar-refractivity contribution in [1.82, 2.24) is 9.59 Å². The normalized spacial score (nSPS) is 12.9. The first-order valence-corrected chi connectivity index (χ1v) is 5.16. The summed E-state index contributed by atoms with van der Waals surface area (Å²) in [6.07, 6.45) is 1.81. The zero-order chi connectivity index (χ0) is 7.40. The lowest BCUT2D eigenvalue weighted by Crippen LogP contribution is -1.82. The quantitative estimate of drug-likeness (QED) is 0.459. The van der Waals surface area contributed by atoms with Crippen LogP contribution in [0, 0.1) is 0 Å². The molecule has 0 aliphatic carbocycles. The van der Waals surface area contributed by atoms with Gasteiger partial charge in [0, 0.05) is 5.38 Å². The van der Waals surface area contributed by atoms with Crippen molar-refractivity contribution < 1.29 is 0 Å². The Morgan fingerprint density at radius 2 is 2.70 bits per heavy atom. The molecular formula is C5H5BrN2S2. The molecule has 1 aromatic rings. The van der Waals surface area contributed by atoms with E-state index in [1.807, 2.05) is 11.5 Å². The fourth-order valence-electron chi connectivity index (χ4n) is 0.371. The standard InChI is InChI=1S/C5H5BrN2S2/c1-2-4(6)10-5-3-9-8-7-5/h2-4H,1H2. The van der Waals surface area contributed by atoms with Crippen LogP contribution in [0.2, 0.25) is 0 Å². The third-order valence-electron chi connectivity index (χ3n) is 0.759. The lowest BCUT2D eigenvalue weighted by atomic mass is 10.8. The highest BCUT2D eigenvalue weighted by Crippen LogP contribution is 2.26. The molecule has 0 N–H and O–H groups in total. The Labute approximate surface area is 76.0 Å². The molecule has 0 aromatic carbocycles. The SMILES string of the molecule is C=CC(Br)Sc1csnn1. The molecule has 0 aliphatic rings. The monoisotopic (exact) mass is 236 g/mol. The highest BCUT2D eigenvalue weighted by molar-refractivity contribution is 9.11. The first-order chi connectivity index (χ1) is 4.83. The van der Waals surface area contributed by atoms with Gasteiger partial charge in [-0.05, 0) is 11.5 Å². The van der Waals surface area contributed by atoms with Crippen LogP contribution in [0.5, 0.6) is 0 Å². The van der Waals surface area contributed by atoms with Crippen LogP contribution in [0.25, 0.3) is 0 Å². The Hall–Kier alpha value is 0.130. The van der Waals surface area contributed by atoms with Crippen molar-refractivity contribution in [3.05, 3.63) is 18.0 Å². The summed E-state index contributed by atoms with van der Waals surface area (Å²) in [7, 11) is 0. The predicted octanol–water partition coefficient (Wildman–Crippen LogP) is 2.54. The van der Waals surface area contributed by atoms with E-state index in [1.165, 1.54) is 11.5 Å². The van der Waals surface area contributed by atoms with Crippen molar-refractivity contribution in [3.63, 3.8) is 0 Å². The zero-order valence-corrected chi connectivity index (χ0v) is 8.25. The summed E-state index contributed by atoms with van der Waals surface area (Å²) in [6, 6.07) is 0. The minimum Gasteiger partial charge on any atom is -0.132 e. The first kappa shape index (κ1) is 8.23. The average molecular weight is 237 g/mol. The van der Waals surface area contributed by atoms with E-state index < -0.39 is 0 Å². The number of thioether (sulfide) groups is 1. The van der Waals surface area contributed by atoms with Gasteiger partial charge in [0.15, 0.2) is 0 Å². The largest absolute Gasteiger partial charge is 0.133 e. The Morgan fingerprint density at radius 1 is 1.90 bits per heavy atom. The molecule has 1 aromatic heterocycles. The summed E-state index contributed by atoms with van der Waals surface area (Å²) in [5, 5.41) is 6.70. The van der Waals surface area contributed by atoms with Gasteiger partial charge in [-0.15, -0.1) is 11.7 Å². The Bertz CT molecular complexity index is 199. The minimum absolute atomic E-state index is 0.233. The van der Waals surface area contributed by atoms with Crippen molar-refractivity contribution >= 4 is 39.2 Å². The van der Waals surface area contributed by atoms with Gasteiger partial charge in [0.25, 0.3) is 0 Å². The molecule has 0 fully saturated rings. The molecule has 1 unspecified atom stereocenters. The summed E-state index contributed by atoms with van der Waals surface area (Å²) in [6.45, 7) is 3.63. The number of hydrogen-bond acceptors (Lipinski definition) is 4. The van der Waals surface area contributed by atoms with E-state index in [4.69, 9.17) is 0 Å². The highest BCUT2D eigenvalue weighted by atomic mass is 79.9. The van der Waals surface area contributed by atoms with Gasteiger partial charge in [-0.3, -0.25) is 0 Å². The molecule has 1 atom stereocenters. The van der Waals surface area contributed by atoms with Crippen molar-refractivity contribution in [2.45, 2.75) is 9.19 Å². The number of rotatable bonds is 3. The van der Waals surface area contributed by atoms with Gasteiger partial charge in [0.2, 0.25) is 0 Å². The van der Waals surface area contributed by atoms with Crippen molar-refractivity contribution in [3.8, 4) is 0 Å². The third-order valence-corrected chi connectivity index (χ3v) is 3.21. The van der Waals surface area contributed by atoms with Gasteiger partial charge in [-0.1, -0.05) is 38.3 Å². The fourth-order valence-corrected chi connectivity index (χ4v) is 2.08. The molecule has 0 aliphatic heterocycles. The maximum atomic E-state index is 3.86. The number of alkyl halides is 1. The van der Waals surface area contributed by atoms with Crippen molar-refractivity contribution in [2.24, 2.45) is 0 Å². The molecule has 0 saturated carbocycles. The Kier molecular flexibility index (Phi) is 3.37. The van der Waals surface area contributed by atoms with Gasteiger partial charge >= 0.3 is 0 Å². The summed E-state index contributed by atoms with van der Waals surface area (Å²) in [5.74, 6) is 0. The molecule has 1 rings (SSSR count). The number of nitrogens with zero attached hydrogens (tertiary/aromatic N) is 2. The minimum atomic E-state index is 0.233. The van der Waals surface area contributed by atoms with E-state index in [0.717, 1.165) is 5.03 Å². The molecular weight excluding hydrogens is 232 g/mol. The molecule has 54 valence electrons. The zero-order valence-electron chi connectivity index (χ0n) is 5.03. The number of hydrogen-bond donors (Lipinski definition) is 0. The lowest BCUT2D eigenvalue weighted by Gasteiger charge is -1.96. The van der Waals surface area contributed by atoms with Gasteiger partial charge in [0.1, 0.15) is 5.03 Å². The molecule has 0 spiro atoms. The van der Waals surface area contributed by atoms with Gasteiger partial charge in [0.05, 0.1) is 4.16 Å². The van der Waals surface area contributed by atoms with Crippen molar-refractivity contribution in [2.75, 3.05) is 0 Å². The fraction of sp³-hybridized carbons (Fsp3) is 0.200. The van der Waals surface area contributed by atoms with E-state index in [0.29, 0.717) is 0 Å². The Morgan fingerprint density at radius 3 is 3.20 bits per heavy atom. The van der Waals surface area contributed by atoms with Gasteiger partial charge in [-0.2, -0.15) is 0 Å². The maximum Gasteiger partial charge on any atom is 0.133 e. The molecule has 0 amide bonds. The molecule has 10 heavy (non-hydrogen) atoms. The predicted molar refractivity (Wildman–Crippen MR) is 48.7 cm³/mol. The van der Waals surface area contributed by atoms with Crippen LogP contribution >= 0.6 is 39.2 Å². The highest BCUT2D eigenvalue weighted by Gasteiger charge is 2.02. The van der Waals surface area contributed by atoms with Crippen LogP contribution in [-0.4, -0.2) is 13.7 Å². The van der Waals surface area contributed by atoms with E-state index in [2.05, 4.69) is 32.1 Å². The Balaban J connectivity index is 2.47. The summed E-state index contributed by atoms with van der Waals surface area (Å²) < 4.78 is 3.96. The molecule has 0 saturated heterocycles. The second kappa shape index (κ2) is 4.10.